The number of nitrogens with zero attached hydrogens (tertiary/aromatic N) is 3. The Balaban J connectivity index is 1.32. The highest BCUT2D eigenvalue weighted by Crippen LogP contribution is 2.22. The molecule has 2 aromatic rings. The normalized spacial score (nSPS) is 19.6. The van der Waals surface area contributed by atoms with Crippen LogP contribution in [0.4, 0.5) is 0 Å². The van der Waals surface area contributed by atoms with E-state index in [0.717, 1.165) is 51.7 Å². The quantitative estimate of drug-likeness (QED) is 0.351. The average Bonchev–Trinajstić information content (AvgIpc) is 3.61. The van der Waals surface area contributed by atoms with Crippen molar-refractivity contribution in [2.45, 2.75) is 77.2 Å². The lowest BCUT2D eigenvalue weighted by Crippen LogP contribution is -2.46. The number of likely N-dealkylation sites (tertiary alicyclic amines) is 1. The molecule has 0 aromatic carbocycles. The van der Waals surface area contributed by atoms with E-state index >= 15 is 0 Å². The Bertz CT molecular complexity index is 1260. The number of aromatic amines is 1. The summed E-state index contributed by atoms with van der Waals surface area (Å²) < 4.78 is 14.4. The van der Waals surface area contributed by atoms with E-state index in [0.29, 0.717) is 30.8 Å². The lowest BCUT2D eigenvalue weighted by Gasteiger charge is -2.34. The number of hydrogen-bond donors (Lipinski definition) is 3. The van der Waals surface area contributed by atoms with Gasteiger partial charge in [0.2, 0.25) is 11.5 Å². The number of rotatable bonds is 8. The van der Waals surface area contributed by atoms with Crippen molar-refractivity contribution in [3.8, 4) is 5.88 Å². The first-order chi connectivity index (χ1) is 18.3. The van der Waals surface area contributed by atoms with Gasteiger partial charge in [-0.1, -0.05) is 18.4 Å². The number of amides is 2. The smallest absolute Gasteiger partial charge is 0.378 e. The fourth-order valence-electron chi connectivity index (χ4n) is 5.17. The number of aromatic hydroxyl groups is 1. The lowest BCUT2D eigenvalue weighted by atomic mass is 10.1. The minimum Gasteiger partial charge on any atom is -0.477 e. The molecule has 0 unspecified atom stereocenters. The Labute approximate surface area is 221 Å². The fourth-order valence-corrected chi connectivity index (χ4v) is 5.17. The summed E-state index contributed by atoms with van der Waals surface area (Å²) in [4.78, 5) is 40.7. The minimum absolute atomic E-state index is 0.0483. The van der Waals surface area contributed by atoms with Gasteiger partial charge in [0.15, 0.2) is 0 Å². The molecule has 0 spiro atoms. The number of fused-ring (bicyclic) bond motifs is 1. The van der Waals surface area contributed by atoms with Crippen LogP contribution in [0, 0.1) is 5.92 Å². The van der Waals surface area contributed by atoms with E-state index in [1.54, 1.807) is 21.7 Å². The summed E-state index contributed by atoms with van der Waals surface area (Å²) in [5, 5.41) is 16.7. The topological polar surface area (TPSA) is 129 Å². The van der Waals surface area contributed by atoms with Gasteiger partial charge in [0.1, 0.15) is 0 Å². The van der Waals surface area contributed by atoms with Gasteiger partial charge >= 0.3 is 17.1 Å². The highest BCUT2D eigenvalue weighted by molar-refractivity contribution is 5.96. The molecule has 0 radical (unpaired) electrons. The highest BCUT2D eigenvalue weighted by atomic mass is 16.5. The molecule has 3 N–H and O–H groups in total. The summed E-state index contributed by atoms with van der Waals surface area (Å²) in [6.07, 6.45) is 10.3. The van der Waals surface area contributed by atoms with Gasteiger partial charge in [-0.3, -0.25) is 9.59 Å². The molecule has 0 bridgehead atoms. The van der Waals surface area contributed by atoms with E-state index in [1.807, 2.05) is 13.8 Å². The molecule has 0 atom stereocenters. The standard InChI is InChI=1S/C27H37N5O6/c1-17(2)16-31-25-18(15-28-32(25)27(36)23(26(31)35)24(34)29-19-4-5-19)3-6-22(33)30-11-7-20(8-12-30)38-21-9-13-37-14-10-21/h3,6,15,17,19-21H,4-5,7-14,16H2,1-2H3,(H2,29,34,35,36)/p+1/b6-3+. The molecule has 206 valence electrons. The van der Waals surface area contributed by atoms with Crippen LogP contribution >= 0.6 is 0 Å². The third kappa shape index (κ3) is 5.78. The van der Waals surface area contributed by atoms with Crippen LogP contribution in [0.1, 0.15) is 68.3 Å². The Hall–Kier alpha value is -3.18. The summed E-state index contributed by atoms with van der Waals surface area (Å²) in [6.45, 7) is 7.09. The van der Waals surface area contributed by atoms with Crippen LogP contribution in [0.3, 0.4) is 0 Å². The molecule has 11 nitrogen and oxygen atoms in total. The monoisotopic (exact) mass is 528 g/mol. The largest absolute Gasteiger partial charge is 0.477 e. The van der Waals surface area contributed by atoms with Crippen molar-refractivity contribution in [2.24, 2.45) is 5.92 Å². The molecule has 2 aromatic heterocycles. The number of piperidine rings is 1. The van der Waals surface area contributed by atoms with Gasteiger partial charge in [0, 0.05) is 38.4 Å². The molecular formula is C27H38N5O6+. The third-order valence-corrected chi connectivity index (χ3v) is 7.37. The molecule has 2 amide bonds. The lowest BCUT2D eigenvalue weighted by molar-refractivity contribution is -0.686. The summed E-state index contributed by atoms with van der Waals surface area (Å²) >= 11 is 0. The second kappa shape index (κ2) is 11.3. The second-order valence-corrected chi connectivity index (χ2v) is 10.9. The van der Waals surface area contributed by atoms with Gasteiger partial charge in [-0.05, 0) is 50.5 Å². The van der Waals surface area contributed by atoms with Crippen LogP contribution in [-0.4, -0.2) is 76.0 Å². The van der Waals surface area contributed by atoms with Crippen molar-refractivity contribution < 1.29 is 28.7 Å². The first kappa shape index (κ1) is 26.4. The van der Waals surface area contributed by atoms with E-state index in [-0.39, 0.29) is 41.5 Å². The maximum atomic E-state index is 13.2. The van der Waals surface area contributed by atoms with Crippen molar-refractivity contribution in [3.05, 3.63) is 33.8 Å². The molecule has 4 heterocycles. The maximum Gasteiger partial charge on any atom is 0.378 e. The number of aromatic nitrogens is 3. The maximum absolute atomic E-state index is 13.2. The molecule has 1 aliphatic carbocycles. The summed E-state index contributed by atoms with van der Waals surface area (Å²) in [7, 11) is 0. The number of carbonyl (C=O) groups is 2. The zero-order valence-corrected chi connectivity index (χ0v) is 22.1. The van der Waals surface area contributed by atoms with Gasteiger partial charge in [-0.2, -0.15) is 4.57 Å². The van der Waals surface area contributed by atoms with Crippen molar-refractivity contribution in [1.82, 2.24) is 19.8 Å². The molecule has 1 saturated carbocycles. The van der Waals surface area contributed by atoms with Crippen LogP contribution in [0.25, 0.3) is 11.7 Å². The number of ether oxygens (including phenoxy) is 2. The van der Waals surface area contributed by atoms with Crippen molar-refractivity contribution in [3.63, 3.8) is 0 Å². The molecular weight excluding hydrogens is 490 g/mol. The van der Waals surface area contributed by atoms with Crippen molar-refractivity contribution in [1.29, 1.82) is 0 Å². The summed E-state index contributed by atoms with van der Waals surface area (Å²) in [5.41, 5.74) is 0.0534. The molecule has 11 heteroatoms. The van der Waals surface area contributed by atoms with Crippen molar-refractivity contribution in [2.75, 3.05) is 26.3 Å². The first-order valence-corrected chi connectivity index (χ1v) is 13.7. The zero-order chi connectivity index (χ0) is 26.8. The van der Waals surface area contributed by atoms with E-state index in [1.165, 1.54) is 10.6 Å². The second-order valence-electron chi connectivity index (χ2n) is 10.9. The fraction of sp³-hybridized carbons (Fsp3) is 0.630. The van der Waals surface area contributed by atoms with E-state index in [2.05, 4.69) is 10.4 Å². The van der Waals surface area contributed by atoms with E-state index in [9.17, 15) is 19.5 Å². The Morgan fingerprint density at radius 3 is 2.53 bits per heavy atom. The van der Waals surface area contributed by atoms with Crippen LogP contribution < -0.4 is 15.4 Å². The van der Waals surface area contributed by atoms with Crippen LogP contribution in [0.5, 0.6) is 5.88 Å². The van der Waals surface area contributed by atoms with Gasteiger partial charge in [0.25, 0.3) is 5.91 Å². The first-order valence-electron chi connectivity index (χ1n) is 13.7. The SMILES string of the molecule is CC(C)C[n+]1c(O)c(C(=O)NC2CC2)c(=O)n2[nH]cc(/C=C/C(=O)N3CCC(OC4CCOCC4)CC3)c21. The van der Waals surface area contributed by atoms with Gasteiger partial charge in [-0.15, -0.1) is 0 Å². The predicted molar refractivity (Wildman–Crippen MR) is 139 cm³/mol. The average molecular weight is 529 g/mol. The molecule has 3 fully saturated rings. The van der Waals surface area contributed by atoms with Gasteiger partial charge < -0.3 is 24.8 Å². The van der Waals surface area contributed by atoms with Crippen LogP contribution in [0.15, 0.2) is 17.1 Å². The number of hydrogen-bond acceptors (Lipinski definition) is 6. The van der Waals surface area contributed by atoms with Gasteiger partial charge in [0.05, 0.1) is 30.5 Å². The van der Waals surface area contributed by atoms with Crippen molar-refractivity contribution >= 4 is 23.5 Å². The molecule has 2 saturated heterocycles. The van der Waals surface area contributed by atoms with E-state index < -0.39 is 11.5 Å². The summed E-state index contributed by atoms with van der Waals surface area (Å²) in [5.74, 6) is -0.928. The zero-order valence-electron chi connectivity index (χ0n) is 22.1. The number of H-pyrrole nitrogens is 1. The Morgan fingerprint density at radius 2 is 1.87 bits per heavy atom. The van der Waals surface area contributed by atoms with Crippen LogP contribution in [-0.2, 0) is 20.8 Å². The van der Waals surface area contributed by atoms with Crippen LogP contribution in [0.2, 0.25) is 0 Å². The third-order valence-electron chi connectivity index (χ3n) is 7.37. The summed E-state index contributed by atoms with van der Waals surface area (Å²) in [6, 6.07) is 0.0483. The molecule has 3 aliphatic rings. The highest BCUT2D eigenvalue weighted by Gasteiger charge is 2.34. The minimum atomic E-state index is -0.631. The van der Waals surface area contributed by atoms with E-state index in [4.69, 9.17) is 9.47 Å². The number of nitrogens with one attached hydrogen (secondary N) is 2. The molecule has 2 aliphatic heterocycles. The van der Waals surface area contributed by atoms with Gasteiger partial charge in [-0.25, -0.2) is 9.89 Å². The Kier molecular flexibility index (Phi) is 7.85. The Morgan fingerprint density at radius 1 is 1.18 bits per heavy atom. The molecule has 38 heavy (non-hydrogen) atoms. The predicted octanol–water partition coefficient (Wildman–Crippen LogP) is 1.37. The number of carbonyl (C=O) groups excluding carboxylic acids is 2. The molecule has 5 rings (SSSR count).